The lowest BCUT2D eigenvalue weighted by Gasteiger charge is -2.17. The summed E-state index contributed by atoms with van der Waals surface area (Å²) in [5, 5.41) is 9.37. The molecule has 4 nitrogen and oxygen atoms in total. The number of hydrogen-bond acceptors (Lipinski definition) is 3. The van der Waals surface area contributed by atoms with Crippen molar-refractivity contribution < 1.29 is 9.90 Å². The first-order valence-corrected chi connectivity index (χ1v) is 5.31. The molecule has 0 aliphatic carbocycles. The number of nitrogens with two attached hydrogens (primary N) is 1. The third-order valence-corrected chi connectivity index (χ3v) is 2.85. The van der Waals surface area contributed by atoms with E-state index in [0.29, 0.717) is 19.5 Å². The van der Waals surface area contributed by atoms with Gasteiger partial charge in [-0.2, -0.15) is 0 Å². The predicted molar refractivity (Wildman–Crippen MR) is 54.7 cm³/mol. The van der Waals surface area contributed by atoms with E-state index in [1.54, 1.807) is 6.92 Å². The number of amides is 1. The van der Waals surface area contributed by atoms with Gasteiger partial charge in [0.15, 0.2) is 0 Å². The molecular formula is C10H20N2O2. The minimum Gasteiger partial charge on any atom is -0.393 e. The minimum atomic E-state index is -0.303. The smallest absolute Gasteiger partial charge is 0.222 e. The topological polar surface area (TPSA) is 66.6 Å². The van der Waals surface area contributed by atoms with Crippen LogP contribution in [0.25, 0.3) is 0 Å². The molecule has 1 heterocycles. The van der Waals surface area contributed by atoms with Crippen LogP contribution in [-0.2, 0) is 4.79 Å². The van der Waals surface area contributed by atoms with Crippen LogP contribution in [0.3, 0.4) is 0 Å². The van der Waals surface area contributed by atoms with Gasteiger partial charge in [0.25, 0.3) is 0 Å². The monoisotopic (exact) mass is 200 g/mol. The molecule has 3 N–H and O–H groups in total. The van der Waals surface area contributed by atoms with Crippen molar-refractivity contribution in [3.63, 3.8) is 0 Å². The summed E-state index contributed by atoms with van der Waals surface area (Å²) >= 11 is 0. The fraction of sp³-hybridized carbons (Fsp3) is 0.900. The van der Waals surface area contributed by atoms with E-state index >= 15 is 0 Å². The van der Waals surface area contributed by atoms with Crippen molar-refractivity contribution in [2.75, 3.05) is 19.6 Å². The lowest BCUT2D eigenvalue weighted by molar-refractivity contribution is -0.130. The highest BCUT2D eigenvalue weighted by Gasteiger charge is 2.28. The fourth-order valence-electron chi connectivity index (χ4n) is 1.82. The van der Waals surface area contributed by atoms with E-state index in [1.807, 2.05) is 4.90 Å². The zero-order valence-electron chi connectivity index (χ0n) is 8.78. The van der Waals surface area contributed by atoms with Crippen LogP contribution < -0.4 is 5.73 Å². The summed E-state index contributed by atoms with van der Waals surface area (Å²) in [6.45, 7) is 3.86. The zero-order chi connectivity index (χ0) is 10.6. The van der Waals surface area contributed by atoms with E-state index in [1.165, 1.54) is 0 Å². The van der Waals surface area contributed by atoms with Gasteiger partial charge in [-0.3, -0.25) is 4.79 Å². The highest BCUT2D eigenvalue weighted by molar-refractivity contribution is 5.76. The van der Waals surface area contributed by atoms with Gasteiger partial charge >= 0.3 is 0 Å². The summed E-state index contributed by atoms with van der Waals surface area (Å²) in [7, 11) is 0. The summed E-state index contributed by atoms with van der Waals surface area (Å²) in [5.41, 5.74) is 5.34. The Morgan fingerprint density at radius 2 is 2.43 bits per heavy atom. The molecule has 0 aromatic heterocycles. The molecule has 0 aromatic rings. The number of rotatable bonds is 4. The van der Waals surface area contributed by atoms with E-state index in [9.17, 15) is 9.90 Å². The molecule has 2 atom stereocenters. The standard InChI is InChI=1S/C10H20N2O2/c1-8(13)9-4-6-12(7-9)10(14)3-2-5-11/h8-9,13H,2-7,11H2,1H3. The van der Waals surface area contributed by atoms with Gasteiger partial charge in [-0.05, 0) is 26.3 Å². The van der Waals surface area contributed by atoms with Crippen LogP contribution in [0.5, 0.6) is 0 Å². The van der Waals surface area contributed by atoms with Gasteiger partial charge in [0, 0.05) is 25.4 Å². The fourth-order valence-corrected chi connectivity index (χ4v) is 1.82. The van der Waals surface area contributed by atoms with Crippen LogP contribution in [0.1, 0.15) is 26.2 Å². The second-order valence-electron chi connectivity index (χ2n) is 4.02. The van der Waals surface area contributed by atoms with Gasteiger partial charge in [-0.1, -0.05) is 0 Å². The highest BCUT2D eigenvalue weighted by atomic mass is 16.3. The molecule has 0 bridgehead atoms. The van der Waals surface area contributed by atoms with Crippen molar-refractivity contribution in [3.8, 4) is 0 Å². The zero-order valence-corrected chi connectivity index (χ0v) is 8.78. The molecule has 82 valence electrons. The molecule has 2 unspecified atom stereocenters. The van der Waals surface area contributed by atoms with Crippen molar-refractivity contribution in [2.24, 2.45) is 11.7 Å². The number of nitrogens with zero attached hydrogens (tertiary/aromatic N) is 1. The summed E-state index contributed by atoms with van der Waals surface area (Å²) in [6.07, 6.45) is 1.92. The predicted octanol–water partition coefficient (Wildman–Crippen LogP) is -0.0454. The van der Waals surface area contributed by atoms with Gasteiger partial charge < -0.3 is 15.7 Å². The lowest BCUT2D eigenvalue weighted by atomic mass is 10.0. The lowest BCUT2D eigenvalue weighted by Crippen LogP contribution is -2.30. The largest absolute Gasteiger partial charge is 0.393 e. The molecular weight excluding hydrogens is 180 g/mol. The third kappa shape index (κ3) is 2.96. The summed E-state index contributed by atoms with van der Waals surface area (Å²) in [5.74, 6) is 0.440. The van der Waals surface area contributed by atoms with Crippen LogP contribution in [0, 0.1) is 5.92 Å². The number of likely N-dealkylation sites (tertiary alicyclic amines) is 1. The normalized spacial score (nSPS) is 23.9. The van der Waals surface area contributed by atoms with Crippen LogP contribution in [0.4, 0.5) is 0 Å². The molecule has 1 fully saturated rings. The van der Waals surface area contributed by atoms with Crippen molar-refractivity contribution in [2.45, 2.75) is 32.3 Å². The Labute approximate surface area is 85.1 Å². The molecule has 1 aliphatic heterocycles. The number of hydrogen-bond donors (Lipinski definition) is 2. The minimum absolute atomic E-state index is 0.179. The molecule has 14 heavy (non-hydrogen) atoms. The highest BCUT2D eigenvalue weighted by Crippen LogP contribution is 2.20. The molecule has 4 heteroatoms. The van der Waals surface area contributed by atoms with Gasteiger partial charge in [0.05, 0.1) is 6.10 Å². The van der Waals surface area contributed by atoms with Gasteiger partial charge in [-0.25, -0.2) is 0 Å². The van der Waals surface area contributed by atoms with Crippen LogP contribution in [0.15, 0.2) is 0 Å². The summed E-state index contributed by atoms with van der Waals surface area (Å²) in [6, 6.07) is 0. The van der Waals surface area contributed by atoms with Crippen molar-refractivity contribution in [3.05, 3.63) is 0 Å². The van der Waals surface area contributed by atoms with Crippen LogP contribution in [0.2, 0.25) is 0 Å². The van der Waals surface area contributed by atoms with Crippen LogP contribution >= 0.6 is 0 Å². The van der Waals surface area contributed by atoms with Gasteiger partial charge in [0.1, 0.15) is 0 Å². The summed E-state index contributed by atoms with van der Waals surface area (Å²) in [4.78, 5) is 13.4. The molecule has 1 amide bonds. The molecule has 0 radical (unpaired) electrons. The molecule has 1 rings (SSSR count). The Balaban J connectivity index is 2.30. The molecule has 1 aliphatic rings. The molecule has 0 saturated carbocycles. The maximum Gasteiger partial charge on any atom is 0.222 e. The molecule has 0 aromatic carbocycles. The summed E-state index contributed by atoms with van der Waals surface area (Å²) < 4.78 is 0. The van der Waals surface area contributed by atoms with E-state index in [4.69, 9.17) is 5.73 Å². The Morgan fingerprint density at radius 1 is 1.71 bits per heavy atom. The SMILES string of the molecule is CC(O)C1CCN(C(=O)CCCN)C1. The maximum absolute atomic E-state index is 11.6. The molecule has 0 spiro atoms. The number of aliphatic hydroxyl groups is 1. The third-order valence-electron chi connectivity index (χ3n) is 2.85. The van der Waals surface area contributed by atoms with Crippen molar-refractivity contribution >= 4 is 5.91 Å². The van der Waals surface area contributed by atoms with Crippen molar-refractivity contribution in [1.29, 1.82) is 0 Å². The average Bonchev–Trinajstić information content (AvgIpc) is 2.62. The number of aliphatic hydroxyl groups excluding tert-OH is 1. The first-order valence-electron chi connectivity index (χ1n) is 5.31. The van der Waals surface area contributed by atoms with Gasteiger partial charge in [0.2, 0.25) is 5.91 Å². The Bertz CT molecular complexity index is 195. The van der Waals surface area contributed by atoms with E-state index < -0.39 is 0 Å². The number of carbonyl (C=O) groups is 1. The van der Waals surface area contributed by atoms with Crippen LogP contribution in [-0.4, -0.2) is 41.7 Å². The second-order valence-corrected chi connectivity index (χ2v) is 4.02. The van der Waals surface area contributed by atoms with E-state index in [0.717, 1.165) is 19.4 Å². The number of carbonyl (C=O) groups excluding carboxylic acids is 1. The Morgan fingerprint density at radius 3 is 2.93 bits per heavy atom. The quantitative estimate of drug-likeness (QED) is 0.669. The average molecular weight is 200 g/mol. The Hall–Kier alpha value is -0.610. The first kappa shape index (κ1) is 11.5. The van der Waals surface area contributed by atoms with E-state index in [-0.39, 0.29) is 17.9 Å². The van der Waals surface area contributed by atoms with E-state index in [2.05, 4.69) is 0 Å². The Kier molecular flexibility index (Phi) is 4.35. The second kappa shape index (κ2) is 5.32. The van der Waals surface area contributed by atoms with Crippen molar-refractivity contribution in [1.82, 2.24) is 4.90 Å². The van der Waals surface area contributed by atoms with Gasteiger partial charge in [-0.15, -0.1) is 0 Å². The molecule has 1 saturated heterocycles. The first-order chi connectivity index (χ1) is 6.65. The maximum atomic E-state index is 11.6.